The van der Waals surface area contributed by atoms with E-state index in [2.05, 4.69) is 0 Å². The third kappa shape index (κ3) is 4.55. The Morgan fingerprint density at radius 2 is 1.57 bits per heavy atom. The van der Waals surface area contributed by atoms with Crippen LogP contribution in [0, 0.1) is 11.6 Å². The lowest BCUT2D eigenvalue weighted by Gasteiger charge is -2.14. The van der Waals surface area contributed by atoms with Gasteiger partial charge in [0.25, 0.3) is 5.92 Å². The molecule has 0 fully saturated rings. The molecular weight excluding hydrogens is 332 g/mol. The highest BCUT2D eigenvalue weighted by Gasteiger charge is 2.27. The van der Waals surface area contributed by atoms with E-state index < -0.39 is 17.6 Å². The summed E-state index contributed by atoms with van der Waals surface area (Å²) < 4.78 is 52.8. The van der Waals surface area contributed by atoms with Crippen LogP contribution in [0.2, 0.25) is 5.02 Å². The second-order valence-electron chi connectivity index (χ2n) is 5.34. The molecule has 1 nitrogen and oxygen atoms in total. The maximum Gasteiger partial charge on any atom is 0.271 e. The minimum Gasteiger partial charge on any atom is -0.299 e. The molecule has 0 spiro atoms. The zero-order chi connectivity index (χ0) is 17.2. The number of benzene rings is 2. The lowest BCUT2D eigenvalue weighted by Crippen LogP contribution is -2.11. The molecule has 6 heteroatoms. The van der Waals surface area contributed by atoms with Crippen molar-refractivity contribution in [2.24, 2.45) is 0 Å². The van der Waals surface area contributed by atoms with Crippen molar-refractivity contribution in [1.82, 2.24) is 0 Å². The first-order valence-corrected chi connectivity index (χ1v) is 7.17. The quantitative estimate of drug-likeness (QED) is 0.691. The Morgan fingerprint density at radius 3 is 2.13 bits per heavy atom. The molecule has 122 valence electrons. The highest BCUT2D eigenvalue weighted by molar-refractivity contribution is 6.31. The minimum absolute atomic E-state index is 0.0747. The molecule has 0 saturated heterocycles. The molecule has 0 N–H and O–H groups in total. The Bertz CT molecular complexity index is 738. The third-order valence-corrected chi connectivity index (χ3v) is 3.62. The molecule has 23 heavy (non-hydrogen) atoms. The maximum atomic E-state index is 13.4. The van der Waals surface area contributed by atoms with Gasteiger partial charge in [-0.2, -0.15) is 0 Å². The second kappa shape index (κ2) is 6.71. The molecule has 2 aromatic rings. The molecule has 0 radical (unpaired) electrons. The zero-order valence-electron chi connectivity index (χ0n) is 12.2. The summed E-state index contributed by atoms with van der Waals surface area (Å²) in [6.45, 7) is 0.723. The molecule has 0 aromatic heterocycles. The van der Waals surface area contributed by atoms with E-state index in [9.17, 15) is 22.4 Å². The number of Topliss-reactive ketones (excluding diaryl/α,β-unsaturated/α-hetero) is 1. The molecule has 0 atom stereocenters. The molecule has 0 heterocycles. The highest BCUT2D eigenvalue weighted by atomic mass is 35.5. The SMILES string of the molecule is CC(F)(F)c1cc(CC(=O)Cc2ccc(F)c(F)c2)ccc1Cl. The molecular formula is C17H13ClF4O. The first-order valence-electron chi connectivity index (χ1n) is 6.79. The number of carbonyl (C=O) groups is 1. The summed E-state index contributed by atoms with van der Waals surface area (Å²) in [6, 6.07) is 7.18. The van der Waals surface area contributed by atoms with Crippen LogP contribution in [0.3, 0.4) is 0 Å². The predicted octanol–water partition coefficient (Wildman–Crippen LogP) is 5.08. The van der Waals surface area contributed by atoms with Gasteiger partial charge in [0.15, 0.2) is 11.6 Å². The fourth-order valence-corrected chi connectivity index (χ4v) is 2.47. The summed E-state index contributed by atoms with van der Waals surface area (Å²) in [4.78, 5) is 12.0. The first kappa shape index (κ1) is 17.5. The van der Waals surface area contributed by atoms with Crippen LogP contribution in [0.5, 0.6) is 0 Å². The molecule has 0 aliphatic heterocycles. The monoisotopic (exact) mass is 344 g/mol. The van der Waals surface area contributed by atoms with Gasteiger partial charge in [-0.3, -0.25) is 4.79 Å². The van der Waals surface area contributed by atoms with E-state index in [0.717, 1.165) is 19.1 Å². The van der Waals surface area contributed by atoms with Crippen molar-refractivity contribution in [2.45, 2.75) is 25.7 Å². The van der Waals surface area contributed by atoms with Gasteiger partial charge in [-0.1, -0.05) is 23.7 Å². The van der Waals surface area contributed by atoms with Crippen LogP contribution in [0.1, 0.15) is 23.6 Å². The van der Waals surface area contributed by atoms with E-state index >= 15 is 0 Å². The van der Waals surface area contributed by atoms with Crippen LogP contribution in [-0.2, 0) is 23.6 Å². The molecule has 2 aromatic carbocycles. The van der Waals surface area contributed by atoms with Crippen LogP contribution in [0.25, 0.3) is 0 Å². The summed E-state index contributed by atoms with van der Waals surface area (Å²) in [5.74, 6) is -5.44. The normalized spacial score (nSPS) is 11.6. The lowest BCUT2D eigenvalue weighted by atomic mass is 9.99. The molecule has 0 aliphatic rings. The van der Waals surface area contributed by atoms with Gasteiger partial charge >= 0.3 is 0 Å². The summed E-state index contributed by atoms with van der Waals surface area (Å²) in [5.41, 5.74) is 0.361. The van der Waals surface area contributed by atoms with Crippen molar-refractivity contribution in [3.63, 3.8) is 0 Å². The van der Waals surface area contributed by atoms with Crippen molar-refractivity contribution < 1.29 is 22.4 Å². The van der Waals surface area contributed by atoms with Gasteiger partial charge in [0.1, 0.15) is 5.78 Å². The number of rotatable bonds is 5. The fraction of sp³-hybridized carbons (Fsp3) is 0.235. The molecule has 0 amide bonds. The third-order valence-electron chi connectivity index (χ3n) is 3.29. The van der Waals surface area contributed by atoms with E-state index in [1.807, 2.05) is 0 Å². The van der Waals surface area contributed by atoms with E-state index in [4.69, 9.17) is 11.6 Å². The average molecular weight is 345 g/mol. The Balaban J connectivity index is 2.12. The van der Waals surface area contributed by atoms with Crippen molar-refractivity contribution in [3.8, 4) is 0 Å². The summed E-state index contributed by atoms with van der Waals surface area (Å²) in [7, 11) is 0. The van der Waals surface area contributed by atoms with Gasteiger partial charge in [-0.05, 0) is 35.4 Å². The average Bonchev–Trinajstić information content (AvgIpc) is 2.44. The summed E-state index contributed by atoms with van der Waals surface area (Å²) >= 11 is 5.74. The number of carbonyl (C=O) groups excluding carboxylic acids is 1. The number of hydrogen-bond donors (Lipinski definition) is 0. The smallest absolute Gasteiger partial charge is 0.271 e. The van der Waals surface area contributed by atoms with Crippen molar-refractivity contribution in [1.29, 1.82) is 0 Å². The van der Waals surface area contributed by atoms with Crippen molar-refractivity contribution >= 4 is 17.4 Å². The van der Waals surface area contributed by atoms with Gasteiger partial charge in [-0.15, -0.1) is 0 Å². The Labute approximate surface area is 135 Å². The minimum atomic E-state index is -3.11. The Hall–Kier alpha value is -1.88. The molecule has 2 rings (SSSR count). The van der Waals surface area contributed by atoms with Crippen molar-refractivity contribution in [3.05, 3.63) is 69.7 Å². The van der Waals surface area contributed by atoms with Gasteiger partial charge in [0.05, 0.1) is 0 Å². The standard InChI is InChI=1S/C17H13ClF4O/c1-17(21,22)13-8-10(2-4-14(13)18)6-12(23)7-11-3-5-15(19)16(20)9-11/h2-5,8-9H,6-7H2,1H3. The summed E-state index contributed by atoms with van der Waals surface area (Å²) in [5, 5.41) is -0.0747. The predicted molar refractivity (Wildman–Crippen MR) is 79.8 cm³/mol. The van der Waals surface area contributed by atoms with Crippen LogP contribution in [0.4, 0.5) is 17.6 Å². The van der Waals surface area contributed by atoms with Gasteiger partial charge in [0.2, 0.25) is 0 Å². The largest absolute Gasteiger partial charge is 0.299 e. The van der Waals surface area contributed by atoms with Crippen molar-refractivity contribution in [2.75, 3.05) is 0 Å². The number of hydrogen-bond acceptors (Lipinski definition) is 1. The molecule has 0 bridgehead atoms. The highest BCUT2D eigenvalue weighted by Crippen LogP contribution is 2.33. The number of alkyl halides is 2. The van der Waals surface area contributed by atoms with Crippen LogP contribution < -0.4 is 0 Å². The number of ketones is 1. The van der Waals surface area contributed by atoms with Crippen LogP contribution >= 0.6 is 11.6 Å². The van der Waals surface area contributed by atoms with Crippen LogP contribution in [-0.4, -0.2) is 5.78 Å². The number of halogens is 5. The second-order valence-corrected chi connectivity index (χ2v) is 5.75. The van der Waals surface area contributed by atoms with E-state index in [1.54, 1.807) is 0 Å². The zero-order valence-corrected chi connectivity index (χ0v) is 12.9. The molecule has 0 saturated carbocycles. The van der Waals surface area contributed by atoms with E-state index in [-0.39, 0.29) is 29.2 Å². The molecule has 0 aliphatic carbocycles. The van der Waals surface area contributed by atoms with Crippen LogP contribution in [0.15, 0.2) is 36.4 Å². The van der Waals surface area contributed by atoms with Gasteiger partial charge in [-0.25, -0.2) is 17.6 Å². The Kier molecular flexibility index (Phi) is 5.09. The maximum absolute atomic E-state index is 13.4. The topological polar surface area (TPSA) is 17.1 Å². The Morgan fingerprint density at radius 1 is 1.00 bits per heavy atom. The van der Waals surface area contributed by atoms with E-state index in [0.29, 0.717) is 11.1 Å². The summed E-state index contributed by atoms with van der Waals surface area (Å²) in [6.07, 6.45) is -0.211. The fourth-order valence-electron chi connectivity index (χ4n) is 2.19. The first-order chi connectivity index (χ1) is 10.7. The molecule has 0 unspecified atom stereocenters. The lowest BCUT2D eigenvalue weighted by molar-refractivity contribution is -0.117. The van der Waals surface area contributed by atoms with E-state index in [1.165, 1.54) is 24.3 Å². The van der Waals surface area contributed by atoms with Gasteiger partial charge < -0.3 is 0 Å². The van der Waals surface area contributed by atoms with Gasteiger partial charge in [0, 0.05) is 30.4 Å².